The molecule has 0 unspecified atom stereocenters. The molecule has 1 aromatic carbocycles. The molecule has 1 amide bonds. The van der Waals surface area contributed by atoms with Crippen molar-refractivity contribution in [2.75, 3.05) is 40.0 Å². The third-order valence-corrected chi connectivity index (χ3v) is 2.95. The quantitative estimate of drug-likeness (QED) is 0.649. The Bertz CT molecular complexity index is 441. The van der Waals surface area contributed by atoms with Crippen molar-refractivity contribution in [3.63, 3.8) is 0 Å². The molecule has 1 rings (SSSR count). The predicted molar refractivity (Wildman–Crippen MR) is 84.3 cm³/mol. The van der Waals surface area contributed by atoms with Crippen molar-refractivity contribution in [3.8, 4) is 5.75 Å². The topological polar surface area (TPSA) is 59.6 Å². The van der Waals surface area contributed by atoms with Gasteiger partial charge in [0.1, 0.15) is 5.75 Å². The van der Waals surface area contributed by atoms with Gasteiger partial charge in [0.2, 0.25) is 0 Å². The van der Waals surface area contributed by atoms with E-state index in [1.807, 2.05) is 6.92 Å². The van der Waals surface area contributed by atoms with Gasteiger partial charge in [-0.05, 0) is 24.6 Å². The number of carbonyl (C=O) groups excluding carboxylic acids is 1. The minimum atomic E-state index is -0.183. The third-order valence-electron chi connectivity index (χ3n) is 2.72. The lowest BCUT2D eigenvalue weighted by atomic mass is 10.2. The van der Waals surface area contributed by atoms with E-state index in [2.05, 4.69) is 10.6 Å². The Balaban J connectivity index is 2.50. The zero-order valence-electron chi connectivity index (χ0n) is 12.6. The molecule has 5 nitrogen and oxygen atoms in total. The second-order valence-electron chi connectivity index (χ2n) is 4.49. The normalized spacial score (nSPS) is 10.4. The highest BCUT2D eigenvalue weighted by atomic mass is 35.5. The molecule has 118 valence electrons. The smallest absolute Gasteiger partial charge is 0.255 e. The van der Waals surface area contributed by atoms with Crippen LogP contribution in [0.1, 0.15) is 23.7 Å². The zero-order valence-corrected chi connectivity index (χ0v) is 13.3. The van der Waals surface area contributed by atoms with Crippen molar-refractivity contribution in [2.24, 2.45) is 0 Å². The molecule has 0 aliphatic rings. The lowest BCUT2D eigenvalue weighted by Gasteiger charge is -2.12. The Morgan fingerprint density at radius 2 is 2.05 bits per heavy atom. The van der Waals surface area contributed by atoms with E-state index < -0.39 is 0 Å². The highest BCUT2D eigenvalue weighted by molar-refractivity contribution is 6.31. The largest absolute Gasteiger partial charge is 0.493 e. The average molecular weight is 315 g/mol. The first kappa shape index (κ1) is 17.8. The Morgan fingerprint density at radius 1 is 1.24 bits per heavy atom. The maximum Gasteiger partial charge on any atom is 0.255 e. The number of rotatable bonds is 10. The molecule has 0 heterocycles. The molecule has 0 aromatic heterocycles. The molecule has 0 spiro atoms. The molecule has 0 saturated carbocycles. The number of hydrogen-bond acceptors (Lipinski definition) is 4. The molecule has 0 bridgehead atoms. The molecule has 0 aliphatic heterocycles. The number of halogens is 1. The van der Waals surface area contributed by atoms with Gasteiger partial charge < -0.3 is 20.1 Å². The predicted octanol–water partition coefficient (Wildman–Crippen LogP) is 2.09. The van der Waals surface area contributed by atoms with Crippen LogP contribution in [0.3, 0.4) is 0 Å². The maximum absolute atomic E-state index is 12.2. The van der Waals surface area contributed by atoms with Crippen molar-refractivity contribution in [1.82, 2.24) is 10.6 Å². The van der Waals surface area contributed by atoms with Crippen LogP contribution in [0.25, 0.3) is 0 Å². The van der Waals surface area contributed by atoms with Crippen molar-refractivity contribution >= 4 is 17.5 Å². The van der Waals surface area contributed by atoms with Crippen LogP contribution in [-0.2, 0) is 4.74 Å². The lowest BCUT2D eigenvalue weighted by Crippen LogP contribution is -2.33. The summed E-state index contributed by atoms with van der Waals surface area (Å²) in [5.41, 5.74) is 0.466. The van der Waals surface area contributed by atoms with Crippen molar-refractivity contribution < 1.29 is 14.3 Å². The number of ether oxygens (including phenoxy) is 2. The number of amides is 1. The monoisotopic (exact) mass is 314 g/mol. The highest BCUT2D eigenvalue weighted by Crippen LogP contribution is 2.23. The van der Waals surface area contributed by atoms with E-state index in [1.54, 1.807) is 25.3 Å². The fourth-order valence-corrected chi connectivity index (χ4v) is 1.85. The van der Waals surface area contributed by atoms with Crippen LogP contribution in [-0.4, -0.2) is 45.9 Å². The number of carbonyl (C=O) groups is 1. The molecule has 0 aliphatic carbocycles. The summed E-state index contributed by atoms with van der Waals surface area (Å²) in [6.07, 6.45) is 0.882. The standard InChI is InChI=1S/C15H23ClN2O3/c1-3-9-21-14-5-4-12(16)11-13(14)15(19)18-7-6-17-8-10-20-2/h4-5,11,17H,3,6-10H2,1-2H3,(H,18,19). The Kier molecular flexibility index (Phi) is 8.82. The van der Waals surface area contributed by atoms with Gasteiger partial charge in [0, 0.05) is 31.8 Å². The minimum absolute atomic E-state index is 0.183. The molecular weight excluding hydrogens is 292 g/mol. The summed E-state index contributed by atoms with van der Waals surface area (Å²) in [7, 11) is 1.65. The van der Waals surface area contributed by atoms with Crippen LogP contribution in [0.2, 0.25) is 5.02 Å². The highest BCUT2D eigenvalue weighted by Gasteiger charge is 2.12. The van der Waals surface area contributed by atoms with Crippen molar-refractivity contribution in [3.05, 3.63) is 28.8 Å². The summed E-state index contributed by atoms with van der Waals surface area (Å²) < 4.78 is 10.5. The summed E-state index contributed by atoms with van der Waals surface area (Å²) in [6, 6.07) is 5.07. The second kappa shape index (κ2) is 10.4. The molecule has 0 fully saturated rings. The first-order valence-electron chi connectivity index (χ1n) is 7.09. The van der Waals surface area contributed by atoms with Crippen LogP contribution >= 0.6 is 11.6 Å². The number of hydrogen-bond donors (Lipinski definition) is 2. The van der Waals surface area contributed by atoms with Crippen LogP contribution in [0.5, 0.6) is 5.75 Å². The SMILES string of the molecule is CCCOc1ccc(Cl)cc1C(=O)NCCNCCOC. The van der Waals surface area contributed by atoms with E-state index in [1.165, 1.54) is 0 Å². The fourth-order valence-electron chi connectivity index (χ4n) is 1.68. The van der Waals surface area contributed by atoms with Crippen LogP contribution < -0.4 is 15.4 Å². The first-order chi connectivity index (χ1) is 10.2. The second-order valence-corrected chi connectivity index (χ2v) is 4.92. The summed E-state index contributed by atoms with van der Waals surface area (Å²) in [5, 5.41) is 6.51. The van der Waals surface area contributed by atoms with Gasteiger partial charge in [0.05, 0.1) is 18.8 Å². The van der Waals surface area contributed by atoms with Gasteiger partial charge >= 0.3 is 0 Å². The zero-order chi connectivity index (χ0) is 15.5. The number of nitrogens with one attached hydrogen (secondary N) is 2. The van der Waals surface area contributed by atoms with Gasteiger partial charge in [0.25, 0.3) is 5.91 Å². The van der Waals surface area contributed by atoms with Gasteiger partial charge in [-0.25, -0.2) is 0 Å². The molecule has 0 saturated heterocycles. The van der Waals surface area contributed by atoms with Gasteiger partial charge in [-0.3, -0.25) is 4.79 Å². The lowest BCUT2D eigenvalue weighted by molar-refractivity contribution is 0.0949. The van der Waals surface area contributed by atoms with E-state index >= 15 is 0 Å². The van der Waals surface area contributed by atoms with Crippen LogP contribution in [0.15, 0.2) is 18.2 Å². The molecular formula is C15H23ClN2O3. The summed E-state index contributed by atoms with van der Waals surface area (Å²) in [4.78, 5) is 12.2. The van der Waals surface area contributed by atoms with Gasteiger partial charge in [0.15, 0.2) is 0 Å². The van der Waals surface area contributed by atoms with E-state index in [9.17, 15) is 4.79 Å². The molecule has 2 N–H and O–H groups in total. The van der Waals surface area contributed by atoms with Crippen LogP contribution in [0, 0.1) is 0 Å². The van der Waals surface area contributed by atoms with E-state index in [-0.39, 0.29) is 5.91 Å². The number of methoxy groups -OCH3 is 1. The number of benzene rings is 1. The van der Waals surface area contributed by atoms with Gasteiger partial charge in [-0.1, -0.05) is 18.5 Å². The molecule has 0 atom stereocenters. The van der Waals surface area contributed by atoms with Crippen molar-refractivity contribution in [2.45, 2.75) is 13.3 Å². The summed E-state index contributed by atoms with van der Waals surface area (Å²) >= 11 is 5.95. The van der Waals surface area contributed by atoms with Gasteiger partial charge in [-0.15, -0.1) is 0 Å². The molecule has 21 heavy (non-hydrogen) atoms. The minimum Gasteiger partial charge on any atom is -0.493 e. The first-order valence-corrected chi connectivity index (χ1v) is 7.47. The Hall–Kier alpha value is -1.30. The van der Waals surface area contributed by atoms with E-state index in [4.69, 9.17) is 21.1 Å². The van der Waals surface area contributed by atoms with Gasteiger partial charge in [-0.2, -0.15) is 0 Å². The third kappa shape index (κ3) is 6.80. The van der Waals surface area contributed by atoms with E-state index in [0.29, 0.717) is 42.6 Å². The average Bonchev–Trinajstić information content (AvgIpc) is 2.49. The van der Waals surface area contributed by atoms with Crippen molar-refractivity contribution in [1.29, 1.82) is 0 Å². The molecule has 1 aromatic rings. The maximum atomic E-state index is 12.2. The summed E-state index contributed by atoms with van der Waals surface area (Å²) in [5.74, 6) is 0.378. The summed E-state index contributed by atoms with van der Waals surface area (Å²) in [6.45, 7) is 5.20. The molecule has 0 radical (unpaired) electrons. The molecule has 6 heteroatoms. The Labute approximate surface area is 131 Å². The van der Waals surface area contributed by atoms with Crippen LogP contribution in [0.4, 0.5) is 0 Å². The fraction of sp³-hybridized carbons (Fsp3) is 0.533. The van der Waals surface area contributed by atoms with E-state index in [0.717, 1.165) is 13.0 Å². The Morgan fingerprint density at radius 3 is 2.76 bits per heavy atom.